The van der Waals surface area contributed by atoms with Gasteiger partial charge < -0.3 is 10.6 Å². The van der Waals surface area contributed by atoms with E-state index in [1.54, 1.807) is 6.07 Å². The van der Waals surface area contributed by atoms with Crippen LogP contribution in [0.2, 0.25) is 5.02 Å². The highest BCUT2D eigenvalue weighted by Gasteiger charge is 2.36. The van der Waals surface area contributed by atoms with Crippen molar-refractivity contribution in [3.63, 3.8) is 0 Å². The summed E-state index contributed by atoms with van der Waals surface area (Å²) in [6, 6.07) is 20.4. The zero-order valence-corrected chi connectivity index (χ0v) is 19.4. The average molecular weight is 474 g/mol. The summed E-state index contributed by atoms with van der Waals surface area (Å²) in [7, 11) is 0. The number of nitro benzene ring substituents is 1. The number of nitro groups is 1. The fourth-order valence-corrected chi connectivity index (χ4v) is 5.04. The molecule has 1 aliphatic carbocycles. The number of benzene rings is 3. The Morgan fingerprint density at radius 3 is 2.41 bits per heavy atom. The van der Waals surface area contributed by atoms with Gasteiger partial charge in [-0.05, 0) is 53.6 Å². The van der Waals surface area contributed by atoms with Gasteiger partial charge in [0.05, 0.1) is 22.3 Å². The van der Waals surface area contributed by atoms with Gasteiger partial charge in [0.25, 0.3) is 5.69 Å². The SMILES string of the molecule is CCc1ccc(C2CC(=O)C3=C(C2)Nc2ccccc2NC3c2ccc(Cl)c([N+](=O)[O-])c2)cc1. The zero-order chi connectivity index (χ0) is 23.8. The third-order valence-corrected chi connectivity index (χ3v) is 6.99. The first-order valence-corrected chi connectivity index (χ1v) is 11.7. The summed E-state index contributed by atoms with van der Waals surface area (Å²) < 4.78 is 0. The topological polar surface area (TPSA) is 84.3 Å². The minimum Gasteiger partial charge on any atom is -0.372 e. The van der Waals surface area contributed by atoms with Gasteiger partial charge in [-0.3, -0.25) is 14.9 Å². The third-order valence-electron chi connectivity index (χ3n) is 6.67. The van der Waals surface area contributed by atoms with E-state index >= 15 is 0 Å². The standard InChI is InChI=1S/C27H24ClN3O3/c1-2-16-7-9-17(10-8-16)19-13-23-26(25(32)15-19)27(30-22-6-4-3-5-21(22)29-23)18-11-12-20(28)24(14-18)31(33)34/h3-12,14,19,27,29-30H,2,13,15H2,1H3. The normalized spacial score (nSPS) is 19.4. The summed E-state index contributed by atoms with van der Waals surface area (Å²) in [6.45, 7) is 2.12. The number of anilines is 2. The Balaban J connectivity index is 1.60. The first kappa shape index (κ1) is 22.2. The molecule has 3 aromatic rings. The molecule has 0 radical (unpaired) electrons. The highest BCUT2D eigenvalue weighted by molar-refractivity contribution is 6.32. The lowest BCUT2D eigenvalue weighted by molar-refractivity contribution is -0.384. The van der Waals surface area contributed by atoms with Gasteiger partial charge in [0, 0.05) is 23.8 Å². The van der Waals surface area contributed by atoms with Crippen molar-refractivity contribution in [3.8, 4) is 0 Å². The van der Waals surface area contributed by atoms with Crippen LogP contribution in [0.5, 0.6) is 0 Å². The molecule has 0 amide bonds. The highest BCUT2D eigenvalue weighted by atomic mass is 35.5. The number of Topliss-reactive ketones (excluding diaryl/α,β-unsaturated/α-hetero) is 1. The fraction of sp³-hybridized carbons (Fsp3) is 0.222. The Labute approximate surface area is 202 Å². The Bertz CT molecular complexity index is 1320. The van der Waals surface area contributed by atoms with Gasteiger partial charge in [-0.1, -0.05) is 61.0 Å². The molecule has 3 aromatic carbocycles. The molecule has 0 fully saturated rings. The fourth-order valence-electron chi connectivity index (χ4n) is 4.85. The number of rotatable bonds is 4. The Morgan fingerprint density at radius 1 is 1.00 bits per heavy atom. The quantitative estimate of drug-likeness (QED) is 0.322. The summed E-state index contributed by atoms with van der Waals surface area (Å²) in [5, 5.41) is 18.5. The maximum absolute atomic E-state index is 13.6. The van der Waals surface area contributed by atoms with Crippen molar-refractivity contribution in [2.45, 2.75) is 38.1 Å². The van der Waals surface area contributed by atoms with Crippen molar-refractivity contribution in [2.75, 3.05) is 10.6 Å². The van der Waals surface area contributed by atoms with Gasteiger partial charge >= 0.3 is 0 Å². The van der Waals surface area contributed by atoms with Crippen LogP contribution in [0.1, 0.15) is 48.4 Å². The number of halogens is 1. The number of hydrogen-bond donors (Lipinski definition) is 2. The van der Waals surface area contributed by atoms with E-state index in [0.29, 0.717) is 24.0 Å². The molecule has 0 saturated carbocycles. The predicted octanol–water partition coefficient (Wildman–Crippen LogP) is 6.79. The summed E-state index contributed by atoms with van der Waals surface area (Å²) in [4.78, 5) is 24.6. The molecule has 34 heavy (non-hydrogen) atoms. The summed E-state index contributed by atoms with van der Waals surface area (Å²) in [5.41, 5.74) is 6.03. The number of hydrogen-bond acceptors (Lipinski definition) is 5. The molecule has 2 unspecified atom stereocenters. The van der Waals surface area contributed by atoms with Crippen LogP contribution in [0.15, 0.2) is 78.0 Å². The van der Waals surface area contributed by atoms with Crippen molar-refractivity contribution in [1.82, 2.24) is 0 Å². The number of nitrogens with one attached hydrogen (secondary N) is 2. The van der Waals surface area contributed by atoms with E-state index in [1.807, 2.05) is 24.3 Å². The van der Waals surface area contributed by atoms with Crippen LogP contribution in [0.25, 0.3) is 0 Å². The molecule has 5 rings (SSSR count). The summed E-state index contributed by atoms with van der Waals surface area (Å²) in [6.07, 6.45) is 2.03. The first-order chi connectivity index (χ1) is 16.4. The van der Waals surface area contributed by atoms with Crippen LogP contribution in [0.3, 0.4) is 0 Å². The van der Waals surface area contributed by atoms with Gasteiger partial charge in [-0.15, -0.1) is 0 Å². The second-order valence-corrected chi connectivity index (χ2v) is 9.14. The Morgan fingerprint density at radius 2 is 1.71 bits per heavy atom. The lowest BCUT2D eigenvalue weighted by Crippen LogP contribution is -2.27. The van der Waals surface area contributed by atoms with E-state index in [2.05, 4.69) is 41.8 Å². The van der Waals surface area contributed by atoms with Crippen molar-refractivity contribution in [2.24, 2.45) is 0 Å². The number of carbonyl (C=O) groups excluding carboxylic acids is 1. The molecule has 2 aliphatic rings. The van der Waals surface area contributed by atoms with Crippen LogP contribution in [0.4, 0.5) is 17.1 Å². The predicted molar refractivity (Wildman–Crippen MR) is 134 cm³/mol. The maximum atomic E-state index is 13.6. The van der Waals surface area contributed by atoms with Crippen LogP contribution >= 0.6 is 11.6 Å². The van der Waals surface area contributed by atoms with Gasteiger partial charge in [0.2, 0.25) is 0 Å². The molecule has 0 saturated heterocycles. The number of allylic oxidation sites excluding steroid dienone is 1. The molecule has 2 atom stereocenters. The lowest BCUT2D eigenvalue weighted by atomic mass is 9.78. The maximum Gasteiger partial charge on any atom is 0.288 e. The molecule has 0 aromatic heterocycles. The Kier molecular flexibility index (Phi) is 5.84. The van der Waals surface area contributed by atoms with Crippen molar-refractivity contribution in [1.29, 1.82) is 0 Å². The molecule has 6 nitrogen and oxygen atoms in total. The third kappa shape index (κ3) is 4.05. The smallest absolute Gasteiger partial charge is 0.288 e. The molecule has 7 heteroatoms. The molecular formula is C27H24ClN3O3. The van der Waals surface area contributed by atoms with E-state index < -0.39 is 11.0 Å². The monoisotopic (exact) mass is 473 g/mol. The molecule has 1 heterocycles. The van der Waals surface area contributed by atoms with E-state index in [-0.39, 0.29) is 22.4 Å². The van der Waals surface area contributed by atoms with E-state index in [1.165, 1.54) is 17.7 Å². The second-order valence-electron chi connectivity index (χ2n) is 8.73. The van der Waals surface area contributed by atoms with Crippen LogP contribution in [-0.4, -0.2) is 10.7 Å². The van der Waals surface area contributed by atoms with Crippen molar-refractivity contribution >= 4 is 34.4 Å². The lowest BCUT2D eigenvalue weighted by Gasteiger charge is -2.30. The molecule has 0 bridgehead atoms. The van der Waals surface area contributed by atoms with Gasteiger partial charge in [-0.2, -0.15) is 0 Å². The number of para-hydroxylation sites is 2. The molecular weight excluding hydrogens is 450 g/mol. The van der Waals surface area contributed by atoms with Crippen LogP contribution in [-0.2, 0) is 11.2 Å². The largest absolute Gasteiger partial charge is 0.372 e. The molecule has 1 aliphatic heterocycles. The van der Waals surface area contributed by atoms with Crippen molar-refractivity contribution < 1.29 is 9.72 Å². The number of fused-ring (bicyclic) bond motifs is 1. The number of nitrogens with zero attached hydrogens (tertiary/aromatic N) is 1. The molecule has 172 valence electrons. The van der Waals surface area contributed by atoms with E-state index in [9.17, 15) is 14.9 Å². The van der Waals surface area contributed by atoms with Gasteiger partial charge in [0.15, 0.2) is 5.78 Å². The number of aryl methyl sites for hydroxylation is 1. The average Bonchev–Trinajstić information content (AvgIpc) is 3.01. The minimum absolute atomic E-state index is 0.0289. The van der Waals surface area contributed by atoms with Crippen LogP contribution in [0, 0.1) is 10.1 Å². The number of carbonyl (C=O) groups is 1. The zero-order valence-electron chi connectivity index (χ0n) is 18.7. The van der Waals surface area contributed by atoms with Crippen LogP contribution < -0.4 is 10.6 Å². The first-order valence-electron chi connectivity index (χ1n) is 11.4. The van der Waals surface area contributed by atoms with Crippen molar-refractivity contribution in [3.05, 3.63) is 110 Å². The Hall–Kier alpha value is -3.64. The highest BCUT2D eigenvalue weighted by Crippen LogP contribution is 2.45. The summed E-state index contributed by atoms with van der Waals surface area (Å²) in [5.74, 6) is 0.0938. The number of ketones is 1. The minimum atomic E-state index is -0.530. The molecule has 2 N–H and O–H groups in total. The van der Waals surface area contributed by atoms with Gasteiger partial charge in [-0.25, -0.2) is 0 Å². The molecule has 0 spiro atoms. The van der Waals surface area contributed by atoms with E-state index in [0.717, 1.165) is 29.1 Å². The summed E-state index contributed by atoms with van der Waals surface area (Å²) >= 11 is 6.06. The van der Waals surface area contributed by atoms with Gasteiger partial charge in [0.1, 0.15) is 5.02 Å². The second kappa shape index (κ2) is 8.95. The van der Waals surface area contributed by atoms with E-state index in [4.69, 9.17) is 11.6 Å².